The Balaban J connectivity index is 1.49. The van der Waals surface area contributed by atoms with Gasteiger partial charge in [-0.3, -0.25) is 4.79 Å². The van der Waals surface area contributed by atoms with Gasteiger partial charge in [0.1, 0.15) is 23.5 Å². The Bertz CT molecular complexity index is 1770. The summed E-state index contributed by atoms with van der Waals surface area (Å²) in [5.41, 5.74) is 2.32. The van der Waals surface area contributed by atoms with Gasteiger partial charge in [0.2, 0.25) is 5.91 Å². The van der Waals surface area contributed by atoms with Crippen molar-refractivity contribution in [3.8, 4) is 5.75 Å². The minimum Gasteiger partial charge on any atom is -0.491 e. The summed E-state index contributed by atoms with van der Waals surface area (Å²) in [6.45, 7) is 7.16. The van der Waals surface area contributed by atoms with Crippen molar-refractivity contribution in [2.45, 2.75) is 44.8 Å². The van der Waals surface area contributed by atoms with Crippen molar-refractivity contribution in [1.29, 1.82) is 0 Å². The van der Waals surface area contributed by atoms with Crippen LogP contribution in [-0.2, 0) is 19.8 Å². The minimum absolute atomic E-state index is 0.199. The molecule has 0 bridgehead atoms. The summed E-state index contributed by atoms with van der Waals surface area (Å²) in [4.78, 5) is 28.6. The van der Waals surface area contributed by atoms with Crippen LogP contribution in [0.1, 0.15) is 50.3 Å². The second-order valence-corrected chi connectivity index (χ2v) is 13.3. The Hall–Kier alpha value is -5.15. The molecule has 2 amide bonds. The van der Waals surface area contributed by atoms with Crippen LogP contribution in [0.25, 0.3) is 10.9 Å². The molecule has 0 radical (unpaired) electrons. The quantitative estimate of drug-likeness (QED) is 0.123. The maximum absolute atomic E-state index is 14.0. The molecule has 9 heteroatoms. The summed E-state index contributed by atoms with van der Waals surface area (Å²) < 4.78 is 18.9. The van der Waals surface area contributed by atoms with Gasteiger partial charge in [0.15, 0.2) is 5.82 Å². The zero-order valence-corrected chi connectivity index (χ0v) is 28.6. The highest BCUT2D eigenvalue weighted by atomic mass is 16.6. The third-order valence-electron chi connectivity index (χ3n) is 8.79. The number of carbonyl (C=O) groups excluding carboxylic acids is 2. The summed E-state index contributed by atoms with van der Waals surface area (Å²) in [6, 6.07) is 36.7. The molecule has 1 aromatic heterocycles. The number of rotatable bonds is 10. The summed E-state index contributed by atoms with van der Waals surface area (Å²) >= 11 is 0. The van der Waals surface area contributed by atoms with E-state index in [1.807, 2.05) is 98.2 Å². The van der Waals surface area contributed by atoms with Crippen molar-refractivity contribution < 1.29 is 23.8 Å². The molecule has 254 valence electrons. The van der Waals surface area contributed by atoms with E-state index in [-0.39, 0.29) is 12.5 Å². The molecular formula is C40H44N4O5. The van der Waals surface area contributed by atoms with E-state index in [4.69, 9.17) is 19.3 Å². The van der Waals surface area contributed by atoms with Gasteiger partial charge in [-0.15, -0.1) is 0 Å². The van der Waals surface area contributed by atoms with Crippen LogP contribution >= 0.6 is 0 Å². The van der Waals surface area contributed by atoms with E-state index >= 15 is 0 Å². The maximum atomic E-state index is 14.0. The summed E-state index contributed by atoms with van der Waals surface area (Å²) in [5, 5.41) is 9.17. The molecule has 1 aliphatic heterocycles. The van der Waals surface area contributed by atoms with Crippen LogP contribution < -0.4 is 10.1 Å². The lowest BCUT2D eigenvalue weighted by molar-refractivity contribution is -0.121. The third kappa shape index (κ3) is 7.17. The molecule has 6 rings (SSSR count). The highest BCUT2D eigenvalue weighted by Gasteiger charge is 2.41. The molecule has 1 atom stereocenters. The highest BCUT2D eigenvalue weighted by molar-refractivity contribution is 6.01. The normalized spacial score (nSPS) is 15.2. The number of nitrogens with zero attached hydrogens (tertiary/aromatic N) is 3. The van der Waals surface area contributed by atoms with E-state index in [1.165, 1.54) is 0 Å². The van der Waals surface area contributed by atoms with Crippen LogP contribution in [0.4, 0.5) is 10.6 Å². The number of piperidine rings is 1. The lowest BCUT2D eigenvalue weighted by Gasteiger charge is -2.37. The predicted octanol–water partition coefficient (Wildman–Crippen LogP) is 7.49. The van der Waals surface area contributed by atoms with Gasteiger partial charge < -0.3 is 24.4 Å². The van der Waals surface area contributed by atoms with Crippen molar-refractivity contribution in [3.63, 3.8) is 0 Å². The zero-order chi connectivity index (χ0) is 34.4. The Kier molecular flexibility index (Phi) is 10.0. The van der Waals surface area contributed by atoms with Crippen molar-refractivity contribution in [2.75, 3.05) is 38.7 Å². The third-order valence-corrected chi connectivity index (χ3v) is 8.79. The molecule has 0 spiro atoms. The fourth-order valence-electron chi connectivity index (χ4n) is 6.59. The SMILES string of the molecule is COCCOc1ccc2c(c1)c(NC(=O)C1CCCN(C(=O)OC(C)(C)C)C1)nn2C(c1ccccc1)(c1ccccc1)c1ccccc1. The summed E-state index contributed by atoms with van der Waals surface area (Å²) in [6.07, 6.45) is 0.941. The molecular weight excluding hydrogens is 616 g/mol. The molecule has 2 heterocycles. The number of aromatic nitrogens is 2. The number of nitrogens with one attached hydrogen (secondary N) is 1. The lowest BCUT2D eigenvalue weighted by Crippen LogP contribution is -2.45. The van der Waals surface area contributed by atoms with Crippen LogP contribution in [0.2, 0.25) is 0 Å². The first-order valence-corrected chi connectivity index (χ1v) is 16.8. The van der Waals surface area contributed by atoms with Crippen molar-refractivity contribution in [3.05, 3.63) is 126 Å². The molecule has 1 aliphatic rings. The number of benzene rings is 4. The molecule has 49 heavy (non-hydrogen) atoms. The number of hydrogen-bond donors (Lipinski definition) is 1. The van der Waals surface area contributed by atoms with E-state index in [1.54, 1.807) is 12.0 Å². The number of likely N-dealkylation sites (tertiary alicyclic amines) is 1. The molecule has 1 saturated heterocycles. The topological polar surface area (TPSA) is 94.9 Å². The Morgan fingerprint density at radius 3 is 1.98 bits per heavy atom. The van der Waals surface area contributed by atoms with E-state index in [2.05, 4.69) is 41.7 Å². The van der Waals surface area contributed by atoms with Gasteiger partial charge in [0, 0.05) is 25.6 Å². The monoisotopic (exact) mass is 660 g/mol. The number of carbonyl (C=O) groups is 2. The largest absolute Gasteiger partial charge is 0.491 e. The van der Waals surface area contributed by atoms with Crippen LogP contribution in [0.15, 0.2) is 109 Å². The summed E-state index contributed by atoms with van der Waals surface area (Å²) in [7, 11) is 1.63. The number of amides is 2. The smallest absolute Gasteiger partial charge is 0.410 e. The van der Waals surface area contributed by atoms with Crippen LogP contribution in [0.5, 0.6) is 5.75 Å². The Labute approximate surface area is 287 Å². The average Bonchev–Trinajstić information content (AvgIpc) is 3.46. The van der Waals surface area contributed by atoms with Gasteiger partial charge in [-0.05, 0) is 68.5 Å². The zero-order valence-electron chi connectivity index (χ0n) is 28.6. The van der Waals surface area contributed by atoms with Gasteiger partial charge in [-0.2, -0.15) is 5.10 Å². The number of anilines is 1. The van der Waals surface area contributed by atoms with Gasteiger partial charge in [-0.1, -0.05) is 91.0 Å². The molecule has 1 fully saturated rings. The van der Waals surface area contributed by atoms with Crippen LogP contribution in [-0.4, -0.2) is 65.7 Å². The summed E-state index contributed by atoms with van der Waals surface area (Å²) in [5.74, 6) is 0.428. The highest BCUT2D eigenvalue weighted by Crippen LogP contribution is 2.44. The minimum atomic E-state index is -0.901. The number of hydrogen-bond acceptors (Lipinski definition) is 6. The van der Waals surface area contributed by atoms with Crippen LogP contribution in [0, 0.1) is 5.92 Å². The second kappa shape index (κ2) is 14.5. The number of ether oxygens (including phenoxy) is 3. The van der Waals surface area contributed by atoms with E-state index < -0.39 is 23.2 Å². The van der Waals surface area contributed by atoms with Crippen molar-refractivity contribution in [1.82, 2.24) is 14.7 Å². The molecule has 1 unspecified atom stereocenters. The first-order chi connectivity index (χ1) is 23.7. The molecule has 0 aliphatic carbocycles. The van der Waals surface area contributed by atoms with Crippen molar-refractivity contribution in [2.24, 2.45) is 5.92 Å². The fraction of sp³-hybridized carbons (Fsp3) is 0.325. The molecule has 1 N–H and O–H groups in total. The van der Waals surface area contributed by atoms with Crippen LogP contribution in [0.3, 0.4) is 0 Å². The second-order valence-electron chi connectivity index (χ2n) is 13.3. The fourth-order valence-corrected chi connectivity index (χ4v) is 6.59. The van der Waals surface area contributed by atoms with Crippen molar-refractivity contribution >= 4 is 28.7 Å². The van der Waals surface area contributed by atoms with Gasteiger partial charge in [0.05, 0.1) is 18.0 Å². The van der Waals surface area contributed by atoms with E-state index in [0.717, 1.165) is 27.6 Å². The maximum Gasteiger partial charge on any atom is 0.410 e. The van der Waals surface area contributed by atoms with E-state index in [9.17, 15) is 9.59 Å². The first-order valence-electron chi connectivity index (χ1n) is 16.8. The number of methoxy groups -OCH3 is 1. The first kappa shape index (κ1) is 33.7. The Morgan fingerprint density at radius 2 is 1.43 bits per heavy atom. The van der Waals surface area contributed by atoms with E-state index in [0.29, 0.717) is 44.2 Å². The van der Waals surface area contributed by atoms with Gasteiger partial charge in [0.25, 0.3) is 0 Å². The molecule has 5 aromatic rings. The molecule has 0 saturated carbocycles. The molecule has 9 nitrogen and oxygen atoms in total. The lowest BCUT2D eigenvalue weighted by atomic mass is 9.77. The molecule has 4 aromatic carbocycles. The predicted molar refractivity (Wildman–Crippen MR) is 191 cm³/mol. The van der Waals surface area contributed by atoms with Gasteiger partial charge >= 0.3 is 6.09 Å². The van der Waals surface area contributed by atoms with Gasteiger partial charge in [-0.25, -0.2) is 9.48 Å². The number of fused-ring (bicyclic) bond motifs is 1. The average molecular weight is 661 g/mol. The standard InChI is InChI=1S/C40H44N4O5/c1-39(2,3)49-38(46)43-24-14-15-29(28-43)37(45)41-36-34-27-33(48-26-25-47-4)22-23-35(34)44(42-36)40(30-16-8-5-9-17-30,31-18-10-6-11-19-31)32-20-12-7-13-21-32/h5-13,16-23,27,29H,14-15,24-26,28H2,1-4H3,(H,41,42,45). The Morgan fingerprint density at radius 1 is 0.837 bits per heavy atom.